The van der Waals surface area contributed by atoms with Gasteiger partial charge in [-0.25, -0.2) is 0 Å². The second-order valence-corrected chi connectivity index (χ2v) is 10.0. The molecule has 2 nitrogen and oxygen atoms in total. The predicted molar refractivity (Wildman–Crippen MR) is 96.3 cm³/mol. The molecule has 0 aromatic rings. The van der Waals surface area contributed by atoms with E-state index in [4.69, 9.17) is 0 Å². The molecule has 21 heavy (non-hydrogen) atoms. The van der Waals surface area contributed by atoms with Crippen LogP contribution in [0.5, 0.6) is 0 Å². The number of nitrogens with one attached hydrogen (secondary N) is 1. The monoisotopic (exact) mass is 312 g/mol. The van der Waals surface area contributed by atoms with Crippen molar-refractivity contribution in [2.75, 3.05) is 31.9 Å². The summed E-state index contributed by atoms with van der Waals surface area (Å²) in [6.45, 7) is 14.5. The van der Waals surface area contributed by atoms with Gasteiger partial charge in [0.15, 0.2) is 0 Å². The molecule has 1 aliphatic heterocycles. The van der Waals surface area contributed by atoms with E-state index in [9.17, 15) is 0 Å². The summed E-state index contributed by atoms with van der Waals surface area (Å²) in [5, 5.41) is 3.75. The maximum atomic E-state index is 3.75. The van der Waals surface area contributed by atoms with E-state index in [2.05, 4.69) is 49.7 Å². The second kappa shape index (κ2) is 7.70. The van der Waals surface area contributed by atoms with Crippen LogP contribution >= 0.6 is 11.8 Å². The number of nitrogens with zero attached hydrogens (tertiary/aromatic N) is 1. The van der Waals surface area contributed by atoms with E-state index in [1.807, 2.05) is 0 Å². The van der Waals surface area contributed by atoms with Gasteiger partial charge in [-0.1, -0.05) is 47.0 Å². The average Bonchev–Trinajstić information content (AvgIpc) is 2.59. The van der Waals surface area contributed by atoms with Crippen LogP contribution in [0.4, 0.5) is 0 Å². The topological polar surface area (TPSA) is 15.3 Å². The maximum Gasteiger partial charge on any atom is 0.0116 e. The van der Waals surface area contributed by atoms with Gasteiger partial charge in [-0.05, 0) is 31.2 Å². The number of hydrogen-bond donors (Lipinski definition) is 1. The van der Waals surface area contributed by atoms with Gasteiger partial charge in [0.2, 0.25) is 0 Å². The number of rotatable bonds is 5. The van der Waals surface area contributed by atoms with Crippen LogP contribution in [0.1, 0.15) is 66.2 Å². The van der Waals surface area contributed by atoms with Crippen LogP contribution < -0.4 is 5.32 Å². The van der Waals surface area contributed by atoms with Crippen LogP contribution in [0.25, 0.3) is 0 Å². The minimum absolute atomic E-state index is 0.477. The molecule has 0 aromatic carbocycles. The Hall–Kier alpha value is 0.270. The van der Waals surface area contributed by atoms with Gasteiger partial charge in [0.25, 0.3) is 0 Å². The highest BCUT2D eigenvalue weighted by Gasteiger charge is 2.35. The van der Waals surface area contributed by atoms with E-state index in [0.29, 0.717) is 16.2 Å². The van der Waals surface area contributed by atoms with Crippen molar-refractivity contribution in [1.82, 2.24) is 10.2 Å². The Kier molecular flexibility index (Phi) is 6.46. The molecule has 0 amide bonds. The molecule has 0 radical (unpaired) electrons. The zero-order chi connectivity index (χ0) is 15.3. The Morgan fingerprint density at radius 2 is 1.76 bits per heavy atom. The van der Waals surface area contributed by atoms with E-state index in [-0.39, 0.29) is 0 Å². The third kappa shape index (κ3) is 5.76. The maximum absolute atomic E-state index is 3.75. The van der Waals surface area contributed by atoms with Crippen LogP contribution in [-0.2, 0) is 0 Å². The van der Waals surface area contributed by atoms with E-state index >= 15 is 0 Å². The fraction of sp³-hybridized carbons (Fsp3) is 1.00. The minimum Gasteiger partial charge on any atom is -0.314 e. The number of thioether (sulfide) groups is 1. The Morgan fingerprint density at radius 1 is 1.05 bits per heavy atom. The molecule has 2 fully saturated rings. The Bertz CT molecular complexity index is 308. The molecule has 1 saturated carbocycles. The summed E-state index contributed by atoms with van der Waals surface area (Å²) in [6.07, 6.45) is 8.53. The molecule has 1 heterocycles. The largest absolute Gasteiger partial charge is 0.314 e. The quantitative estimate of drug-likeness (QED) is 0.821. The molecule has 0 spiro atoms. The first-order chi connectivity index (χ1) is 9.91. The highest BCUT2D eigenvalue weighted by molar-refractivity contribution is 8.00. The van der Waals surface area contributed by atoms with Crippen molar-refractivity contribution in [2.45, 2.75) is 77.0 Å². The van der Waals surface area contributed by atoms with Crippen molar-refractivity contribution in [2.24, 2.45) is 5.41 Å². The van der Waals surface area contributed by atoms with Crippen molar-refractivity contribution >= 4 is 11.8 Å². The van der Waals surface area contributed by atoms with E-state index in [0.717, 1.165) is 0 Å². The third-order valence-electron chi connectivity index (χ3n) is 5.29. The zero-order valence-electron chi connectivity index (χ0n) is 14.7. The highest BCUT2D eigenvalue weighted by atomic mass is 32.2. The van der Waals surface area contributed by atoms with Gasteiger partial charge in [-0.3, -0.25) is 0 Å². The van der Waals surface area contributed by atoms with Gasteiger partial charge in [0.1, 0.15) is 0 Å². The molecular weight excluding hydrogens is 276 g/mol. The normalized spacial score (nSPS) is 26.7. The lowest BCUT2D eigenvalue weighted by Gasteiger charge is -2.42. The van der Waals surface area contributed by atoms with Crippen LogP contribution in [0.15, 0.2) is 0 Å². The predicted octanol–water partition coefficient (Wildman–Crippen LogP) is 4.15. The Labute approximate surface area is 136 Å². The van der Waals surface area contributed by atoms with Crippen LogP contribution in [-0.4, -0.2) is 47.6 Å². The molecule has 0 aromatic heterocycles. The smallest absolute Gasteiger partial charge is 0.0116 e. The first kappa shape index (κ1) is 17.6. The first-order valence-corrected chi connectivity index (χ1v) is 9.99. The third-order valence-corrected chi connectivity index (χ3v) is 6.66. The molecule has 1 N–H and O–H groups in total. The summed E-state index contributed by atoms with van der Waals surface area (Å²) in [5.74, 6) is 1.31. The van der Waals surface area contributed by atoms with Crippen molar-refractivity contribution in [3.05, 3.63) is 0 Å². The van der Waals surface area contributed by atoms with Gasteiger partial charge in [0, 0.05) is 36.2 Å². The van der Waals surface area contributed by atoms with Gasteiger partial charge in [-0.15, -0.1) is 0 Å². The summed E-state index contributed by atoms with van der Waals surface area (Å²) in [5.41, 5.74) is 0.543. The number of hydrogen-bond acceptors (Lipinski definition) is 3. The fourth-order valence-corrected chi connectivity index (χ4v) is 4.95. The van der Waals surface area contributed by atoms with E-state index in [1.54, 1.807) is 0 Å². The standard InChI is InChI=1S/C18H36N2S/c1-16(2)19-14-18(8-6-5-7-9-18)15-20-11-10-17(3,4)21-13-12-20/h16,19H,5-15H2,1-4H3. The van der Waals surface area contributed by atoms with Crippen LogP contribution in [0.3, 0.4) is 0 Å². The fourth-order valence-electron chi connectivity index (χ4n) is 3.81. The molecule has 1 saturated heterocycles. The van der Waals surface area contributed by atoms with Crippen molar-refractivity contribution in [3.8, 4) is 0 Å². The molecule has 1 aliphatic carbocycles. The van der Waals surface area contributed by atoms with Crippen LogP contribution in [0.2, 0.25) is 0 Å². The van der Waals surface area contributed by atoms with Gasteiger partial charge >= 0.3 is 0 Å². The lowest BCUT2D eigenvalue weighted by Crippen LogP contribution is -2.47. The molecule has 124 valence electrons. The minimum atomic E-state index is 0.477. The summed E-state index contributed by atoms with van der Waals surface area (Å²) < 4.78 is 0.477. The molecule has 2 aliphatic rings. The second-order valence-electron chi connectivity index (χ2n) is 8.23. The van der Waals surface area contributed by atoms with Crippen molar-refractivity contribution in [1.29, 1.82) is 0 Å². The summed E-state index contributed by atoms with van der Waals surface area (Å²) >= 11 is 2.17. The summed E-state index contributed by atoms with van der Waals surface area (Å²) in [6, 6.07) is 0.613. The SMILES string of the molecule is CC(C)NCC1(CN2CCSC(C)(C)CC2)CCCCC1. The molecule has 0 unspecified atom stereocenters. The zero-order valence-corrected chi connectivity index (χ0v) is 15.5. The summed E-state index contributed by atoms with van der Waals surface area (Å²) in [7, 11) is 0. The van der Waals surface area contributed by atoms with Crippen molar-refractivity contribution < 1.29 is 0 Å². The lowest BCUT2D eigenvalue weighted by molar-refractivity contribution is 0.103. The first-order valence-electron chi connectivity index (χ1n) is 9.01. The molecule has 2 rings (SSSR count). The van der Waals surface area contributed by atoms with E-state index < -0.39 is 0 Å². The van der Waals surface area contributed by atoms with E-state index in [1.165, 1.54) is 70.5 Å². The van der Waals surface area contributed by atoms with Gasteiger partial charge in [0.05, 0.1) is 0 Å². The summed E-state index contributed by atoms with van der Waals surface area (Å²) in [4.78, 5) is 2.77. The molecule has 0 atom stereocenters. The van der Waals surface area contributed by atoms with Gasteiger partial charge in [-0.2, -0.15) is 11.8 Å². The van der Waals surface area contributed by atoms with Crippen LogP contribution in [0, 0.1) is 5.41 Å². The molecular formula is C18H36N2S. The Balaban J connectivity index is 1.94. The molecule has 3 heteroatoms. The Morgan fingerprint density at radius 3 is 2.43 bits per heavy atom. The van der Waals surface area contributed by atoms with Gasteiger partial charge < -0.3 is 10.2 Å². The van der Waals surface area contributed by atoms with Crippen molar-refractivity contribution in [3.63, 3.8) is 0 Å². The molecule has 0 bridgehead atoms. The highest BCUT2D eigenvalue weighted by Crippen LogP contribution is 2.38. The lowest BCUT2D eigenvalue weighted by atomic mass is 9.73. The average molecular weight is 313 g/mol.